The lowest BCUT2D eigenvalue weighted by molar-refractivity contribution is 0.101. The molecule has 0 saturated carbocycles. The van der Waals surface area contributed by atoms with E-state index in [2.05, 4.69) is 0 Å². The van der Waals surface area contributed by atoms with Crippen molar-refractivity contribution in [1.29, 1.82) is 0 Å². The van der Waals surface area contributed by atoms with Gasteiger partial charge in [-0.25, -0.2) is 0 Å². The van der Waals surface area contributed by atoms with Gasteiger partial charge in [-0.3, -0.25) is 4.79 Å². The molecule has 0 heterocycles. The average Bonchev–Trinajstić information content (AvgIpc) is 2.27. The normalized spacial score (nSPS) is 9.80. The molecule has 1 rings (SSSR count). The van der Waals surface area contributed by atoms with Gasteiger partial charge in [0.15, 0.2) is 5.78 Å². The van der Waals surface area contributed by atoms with Crippen molar-refractivity contribution in [2.75, 3.05) is 14.2 Å². The third-order valence-electron chi connectivity index (χ3n) is 2.10. The van der Waals surface area contributed by atoms with E-state index in [0.29, 0.717) is 28.4 Å². The van der Waals surface area contributed by atoms with Gasteiger partial charge < -0.3 is 9.47 Å². The maximum Gasteiger partial charge on any atom is 0.158 e. The second-order valence-electron chi connectivity index (χ2n) is 2.96. The summed E-state index contributed by atoms with van der Waals surface area (Å²) in [6.45, 7) is 0. The van der Waals surface area contributed by atoms with E-state index in [1.807, 2.05) is 0 Å². The molecule has 0 aliphatic heterocycles. The molecule has 0 saturated heterocycles. The smallest absolute Gasteiger partial charge is 0.158 e. The Balaban J connectivity index is 3.27. The van der Waals surface area contributed by atoms with Crippen molar-refractivity contribution < 1.29 is 14.3 Å². The topological polar surface area (TPSA) is 35.5 Å². The third kappa shape index (κ3) is 2.45. The van der Waals surface area contributed by atoms with Crippen molar-refractivity contribution in [3.05, 3.63) is 22.7 Å². The summed E-state index contributed by atoms with van der Waals surface area (Å²) in [6.07, 6.45) is 0.416. The molecule has 80 valence electrons. The Kier molecular flexibility index (Phi) is 4.03. The lowest BCUT2D eigenvalue weighted by Gasteiger charge is -2.10. The highest BCUT2D eigenvalue weighted by Gasteiger charge is 2.14. The highest BCUT2D eigenvalue weighted by molar-refractivity contribution is 6.33. The lowest BCUT2D eigenvalue weighted by Crippen LogP contribution is -2.02. The molecule has 0 radical (unpaired) electrons. The molecule has 0 spiro atoms. The van der Waals surface area contributed by atoms with Gasteiger partial charge in [-0.1, -0.05) is 11.6 Å². The summed E-state index contributed by atoms with van der Waals surface area (Å²) in [4.78, 5) is 11.6. The average molecular weight is 226 g/mol. The molecule has 3 nitrogen and oxygen atoms in total. The number of halogens is 1. The van der Waals surface area contributed by atoms with Crippen LogP contribution in [-0.2, 0) is 0 Å². The van der Waals surface area contributed by atoms with Crippen LogP contribution < -0.4 is 9.47 Å². The Morgan fingerprint density at radius 2 is 1.93 bits per heavy atom. The van der Waals surface area contributed by atoms with Crippen LogP contribution in [0.15, 0.2) is 12.1 Å². The van der Waals surface area contributed by atoms with E-state index in [1.54, 1.807) is 20.0 Å². The van der Waals surface area contributed by atoms with Gasteiger partial charge in [0.1, 0.15) is 19.3 Å². The molecule has 5 heteroatoms. The van der Waals surface area contributed by atoms with E-state index in [0.717, 1.165) is 0 Å². The van der Waals surface area contributed by atoms with Crippen LogP contribution in [0.4, 0.5) is 0 Å². The summed E-state index contributed by atoms with van der Waals surface area (Å²) in [5, 5.41) is 0.412. The fraction of sp³-hybridized carbons (Fsp3) is 0.300. The Hall–Kier alpha value is -1.16. The van der Waals surface area contributed by atoms with Gasteiger partial charge in [-0.2, -0.15) is 0 Å². The summed E-state index contributed by atoms with van der Waals surface area (Å²) < 4.78 is 10.1. The fourth-order valence-corrected chi connectivity index (χ4v) is 1.51. The number of rotatable bonds is 4. The van der Waals surface area contributed by atoms with Gasteiger partial charge in [-0.05, 0) is 12.4 Å². The zero-order chi connectivity index (χ0) is 11.4. The van der Waals surface area contributed by atoms with Crippen LogP contribution in [0, 0.1) is 0 Å². The highest BCUT2D eigenvalue weighted by atomic mass is 35.5. The van der Waals surface area contributed by atoms with Gasteiger partial charge in [0, 0.05) is 6.07 Å². The molecular weight excluding hydrogens is 214 g/mol. The first kappa shape index (κ1) is 11.9. The summed E-state index contributed by atoms with van der Waals surface area (Å²) >= 11 is 5.93. The SMILES string of the molecule is BCC(=O)c1cc(Cl)c(OC)cc1OC. The predicted octanol–water partition coefficient (Wildman–Crippen LogP) is 1.59. The fourth-order valence-electron chi connectivity index (χ4n) is 1.27. The molecule has 1 aromatic rings. The zero-order valence-electron chi connectivity index (χ0n) is 8.96. The minimum absolute atomic E-state index is 0.00333. The minimum atomic E-state index is -0.00333. The molecule has 15 heavy (non-hydrogen) atoms. The maximum atomic E-state index is 11.6. The zero-order valence-corrected chi connectivity index (χ0v) is 9.72. The second-order valence-corrected chi connectivity index (χ2v) is 3.37. The largest absolute Gasteiger partial charge is 0.496 e. The number of hydrogen-bond donors (Lipinski definition) is 0. The molecule has 0 N–H and O–H groups in total. The Morgan fingerprint density at radius 3 is 2.40 bits per heavy atom. The van der Waals surface area contributed by atoms with E-state index in [4.69, 9.17) is 21.1 Å². The van der Waals surface area contributed by atoms with Crippen LogP contribution in [-0.4, -0.2) is 27.8 Å². The van der Waals surface area contributed by atoms with Crippen molar-refractivity contribution >= 4 is 25.2 Å². The molecule has 0 bridgehead atoms. The molecular formula is C10H12BClO3. The van der Waals surface area contributed by atoms with Crippen molar-refractivity contribution in [2.45, 2.75) is 6.32 Å². The highest BCUT2D eigenvalue weighted by Crippen LogP contribution is 2.32. The molecule has 0 unspecified atom stereocenters. The predicted molar refractivity (Wildman–Crippen MR) is 62.2 cm³/mol. The lowest BCUT2D eigenvalue weighted by atomic mass is 9.95. The van der Waals surface area contributed by atoms with Crippen LogP contribution in [0.25, 0.3) is 0 Å². The van der Waals surface area contributed by atoms with Crippen LogP contribution in [0.2, 0.25) is 11.3 Å². The summed E-state index contributed by atoms with van der Waals surface area (Å²) in [7, 11) is 4.82. The van der Waals surface area contributed by atoms with Gasteiger partial charge >= 0.3 is 0 Å². The van der Waals surface area contributed by atoms with Gasteiger partial charge in [0.05, 0.1) is 24.8 Å². The number of carbonyl (C=O) groups excluding carboxylic acids is 1. The number of carbonyl (C=O) groups is 1. The van der Waals surface area contributed by atoms with E-state index in [1.165, 1.54) is 14.2 Å². The van der Waals surface area contributed by atoms with Crippen LogP contribution in [0.1, 0.15) is 10.4 Å². The summed E-state index contributed by atoms with van der Waals surface area (Å²) in [5.74, 6) is 0.987. The number of methoxy groups -OCH3 is 2. The second kappa shape index (κ2) is 5.07. The van der Waals surface area contributed by atoms with Crippen LogP contribution >= 0.6 is 11.6 Å². The van der Waals surface area contributed by atoms with Gasteiger partial charge in [-0.15, -0.1) is 0 Å². The quantitative estimate of drug-likeness (QED) is 0.578. The number of Topliss-reactive ketones (excluding diaryl/α,β-unsaturated/α-hetero) is 1. The Labute approximate surface area is 94.7 Å². The van der Waals surface area contributed by atoms with E-state index >= 15 is 0 Å². The number of ketones is 1. The molecule has 0 fully saturated rings. The van der Waals surface area contributed by atoms with Crippen molar-refractivity contribution in [3.63, 3.8) is 0 Å². The molecule has 1 aromatic carbocycles. The van der Waals surface area contributed by atoms with Gasteiger partial charge in [0.25, 0.3) is 0 Å². The Morgan fingerprint density at radius 1 is 1.33 bits per heavy atom. The van der Waals surface area contributed by atoms with Crippen molar-refractivity contribution in [3.8, 4) is 11.5 Å². The van der Waals surface area contributed by atoms with Crippen LogP contribution in [0.3, 0.4) is 0 Å². The Bertz CT molecular complexity index is 379. The summed E-state index contributed by atoms with van der Waals surface area (Å²) in [5.41, 5.74) is 0.491. The molecule has 0 aliphatic rings. The summed E-state index contributed by atoms with van der Waals surface area (Å²) in [6, 6.07) is 3.19. The van der Waals surface area contributed by atoms with Crippen molar-refractivity contribution in [2.24, 2.45) is 0 Å². The first-order valence-corrected chi connectivity index (χ1v) is 4.96. The number of hydrogen-bond acceptors (Lipinski definition) is 3. The molecule has 0 amide bonds. The maximum absolute atomic E-state index is 11.6. The molecule has 0 aromatic heterocycles. The van der Waals surface area contributed by atoms with E-state index in [9.17, 15) is 4.79 Å². The molecule has 0 aliphatic carbocycles. The first-order valence-electron chi connectivity index (χ1n) is 4.58. The van der Waals surface area contributed by atoms with Crippen molar-refractivity contribution in [1.82, 2.24) is 0 Å². The van der Waals surface area contributed by atoms with E-state index in [-0.39, 0.29) is 5.78 Å². The number of benzene rings is 1. The van der Waals surface area contributed by atoms with E-state index < -0.39 is 0 Å². The first-order chi connectivity index (χ1) is 7.13. The molecule has 0 atom stereocenters. The number of ether oxygens (including phenoxy) is 2. The van der Waals surface area contributed by atoms with Gasteiger partial charge in [0.2, 0.25) is 0 Å². The third-order valence-corrected chi connectivity index (χ3v) is 2.39. The standard InChI is InChI=1S/C10H12BClO3/c1-14-9-4-10(15-2)7(12)3-6(9)8(13)5-11/h3-4H,5,11H2,1-2H3. The van der Waals surface area contributed by atoms with Crippen LogP contribution in [0.5, 0.6) is 11.5 Å². The minimum Gasteiger partial charge on any atom is -0.496 e. The monoisotopic (exact) mass is 226 g/mol.